The molecule has 4 rings (SSSR count). The topological polar surface area (TPSA) is 99.2 Å². The van der Waals surface area contributed by atoms with Crippen molar-refractivity contribution in [2.45, 2.75) is 13.8 Å². The van der Waals surface area contributed by atoms with Crippen molar-refractivity contribution in [1.82, 2.24) is 5.32 Å². The van der Waals surface area contributed by atoms with Crippen LogP contribution < -0.4 is 15.2 Å². The number of carbonyl (C=O) groups excluding carboxylic acids is 4. The number of hydrogen-bond acceptors (Lipinski definition) is 5. The van der Waals surface area contributed by atoms with Crippen LogP contribution in [0.15, 0.2) is 65.3 Å². The van der Waals surface area contributed by atoms with Crippen LogP contribution >= 0.6 is 24.0 Å². The van der Waals surface area contributed by atoms with E-state index in [0.29, 0.717) is 16.4 Å². The first-order chi connectivity index (χ1) is 14.8. The molecule has 1 atom stereocenters. The Morgan fingerprint density at radius 2 is 1.69 bits per heavy atom. The number of hydrogen-bond donors (Lipinski definition) is 1. The second kappa shape index (κ2) is 8.94. The third-order valence-electron chi connectivity index (χ3n) is 5.03. The molecule has 5 amide bonds. The van der Waals surface area contributed by atoms with Crippen LogP contribution in [0.25, 0.3) is 0 Å². The molecule has 8 nitrogen and oxygen atoms in total. The first kappa shape index (κ1) is 23.2. The summed E-state index contributed by atoms with van der Waals surface area (Å²) in [7, 11) is 0. The van der Waals surface area contributed by atoms with Gasteiger partial charge in [0.25, 0.3) is 17.7 Å². The van der Waals surface area contributed by atoms with Crippen molar-refractivity contribution in [2.24, 2.45) is 11.0 Å². The first-order valence-corrected chi connectivity index (χ1v) is 9.77. The summed E-state index contributed by atoms with van der Waals surface area (Å²) in [6, 6.07) is 12.6. The van der Waals surface area contributed by atoms with Gasteiger partial charge >= 0.3 is 6.03 Å². The van der Waals surface area contributed by atoms with Crippen molar-refractivity contribution in [2.75, 3.05) is 9.91 Å². The van der Waals surface area contributed by atoms with Crippen LogP contribution in [0, 0.1) is 12.8 Å². The van der Waals surface area contributed by atoms with Crippen molar-refractivity contribution in [3.05, 3.63) is 70.8 Å². The Bertz CT molecular complexity index is 1190. The molecule has 10 heteroatoms. The van der Waals surface area contributed by atoms with E-state index in [1.807, 2.05) is 6.07 Å². The summed E-state index contributed by atoms with van der Waals surface area (Å²) >= 11 is 6.13. The predicted molar refractivity (Wildman–Crippen MR) is 123 cm³/mol. The molecule has 0 saturated carbocycles. The van der Waals surface area contributed by atoms with Crippen LogP contribution in [-0.2, 0) is 14.4 Å². The summed E-state index contributed by atoms with van der Waals surface area (Å²) in [5, 5.41) is 8.00. The summed E-state index contributed by atoms with van der Waals surface area (Å²) in [6.07, 6.45) is 1.25. The van der Waals surface area contributed by atoms with Gasteiger partial charge in [-0.3, -0.25) is 19.7 Å². The van der Waals surface area contributed by atoms with E-state index in [4.69, 9.17) is 11.6 Å². The molecule has 1 fully saturated rings. The Kier molecular flexibility index (Phi) is 6.47. The molecule has 0 radical (unpaired) electrons. The second-order valence-electron chi connectivity index (χ2n) is 7.12. The minimum Gasteiger partial charge on any atom is -0.273 e. The Balaban J connectivity index is 0.00000289. The van der Waals surface area contributed by atoms with Crippen molar-refractivity contribution >= 4 is 64.8 Å². The van der Waals surface area contributed by atoms with E-state index in [0.717, 1.165) is 10.5 Å². The molecule has 0 aromatic heterocycles. The number of halogens is 2. The predicted octanol–water partition coefficient (Wildman–Crippen LogP) is 3.62. The lowest BCUT2D eigenvalue weighted by atomic mass is 9.98. The number of rotatable bonds is 3. The molecule has 2 aromatic rings. The van der Waals surface area contributed by atoms with Gasteiger partial charge in [-0.05, 0) is 49.8 Å². The zero-order chi connectivity index (χ0) is 22.3. The quantitative estimate of drug-likeness (QED) is 0.544. The van der Waals surface area contributed by atoms with Crippen LogP contribution in [-0.4, -0.2) is 29.5 Å². The third-order valence-corrected chi connectivity index (χ3v) is 5.44. The number of amides is 5. The average Bonchev–Trinajstić information content (AvgIpc) is 3.02. The highest BCUT2D eigenvalue weighted by molar-refractivity contribution is 6.38. The van der Waals surface area contributed by atoms with E-state index in [1.165, 1.54) is 17.2 Å². The minimum atomic E-state index is -0.915. The Labute approximate surface area is 194 Å². The maximum absolute atomic E-state index is 13.1. The number of nitrogens with one attached hydrogen (secondary N) is 1. The van der Waals surface area contributed by atoms with Gasteiger partial charge < -0.3 is 0 Å². The molecule has 1 saturated heterocycles. The Morgan fingerprint density at radius 3 is 2.34 bits per heavy atom. The highest BCUT2D eigenvalue weighted by atomic mass is 35.5. The smallest absolute Gasteiger partial charge is 0.273 e. The fourth-order valence-electron chi connectivity index (χ4n) is 3.32. The normalized spacial score (nSPS) is 19.8. The number of anilines is 2. The van der Waals surface area contributed by atoms with Gasteiger partial charge in [0.05, 0.1) is 23.0 Å². The lowest BCUT2D eigenvalue weighted by molar-refractivity contribution is -0.122. The lowest BCUT2D eigenvalue weighted by Crippen LogP contribution is -2.54. The van der Waals surface area contributed by atoms with Gasteiger partial charge in [0.15, 0.2) is 0 Å². The molecule has 2 aliphatic rings. The number of benzene rings is 2. The number of imide groups is 2. The molecule has 1 unspecified atom stereocenters. The fourth-order valence-corrected chi connectivity index (χ4v) is 3.50. The van der Waals surface area contributed by atoms with Gasteiger partial charge in [-0.2, -0.15) is 10.1 Å². The van der Waals surface area contributed by atoms with Crippen LogP contribution in [0.3, 0.4) is 0 Å². The molecule has 0 aliphatic carbocycles. The highest BCUT2D eigenvalue weighted by Gasteiger charge is 2.40. The number of carbonyl (C=O) groups is 4. The molecule has 2 aliphatic heterocycles. The average molecular weight is 473 g/mol. The molecule has 2 heterocycles. The summed E-state index contributed by atoms with van der Waals surface area (Å²) in [6.45, 7) is 3.42. The standard InChI is InChI=1S/C22H17ClN4O4.ClH/c1-12-8-9-15(10-18(12)23)26-20(29)17(19(28)24-22(26)31)11-16-13(2)25-27(21(16)30)14-6-4-3-5-7-14;/h3-11,16H,1-2H3,(H,24,28,31);1H/b17-11-;. The third kappa shape index (κ3) is 4.02. The largest absolute Gasteiger partial charge is 0.335 e. The van der Waals surface area contributed by atoms with Crippen LogP contribution in [0.2, 0.25) is 5.02 Å². The van der Waals surface area contributed by atoms with Gasteiger partial charge in [-0.25, -0.2) is 9.69 Å². The summed E-state index contributed by atoms with van der Waals surface area (Å²) in [5.41, 5.74) is 1.65. The van der Waals surface area contributed by atoms with Crippen molar-refractivity contribution in [3.63, 3.8) is 0 Å². The molecule has 0 spiro atoms. The van der Waals surface area contributed by atoms with Crippen LogP contribution in [0.1, 0.15) is 12.5 Å². The SMILES string of the molecule is CC1=NN(c2ccccc2)C(=O)C1/C=C1/C(=O)NC(=O)N(c2ccc(C)c(Cl)c2)C1=O.Cl. The monoisotopic (exact) mass is 472 g/mol. The van der Waals surface area contributed by atoms with Crippen LogP contribution in [0.5, 0.6) is 0 Å². The van der Waals surface area contributed by atoms with E-state index in [-0.39, 0.29) is 23.7 Å². The molecule has 0 bridgehead atoms. The maximum atomic E-state index is 13.1. The zero-order valence-corrected chi connectivity index (χ0v) is 18.6. The van der Waals surface area contributed by atoms with E-state index >= 15 is 0 Å². The van der Waals surface area contributed by atoms with Gasteiger partial charge in [0.2, 0.25) is 0 Å². The van der Waals surface area contributed by atoms with E-state index in [9.17, 15) is 19.2 Å². The molecule has 2 aromatic carbocycles. The zero-order valence-electron chi connectivity index (χ0n) is 17.0. The number of aryl methyl sites for hydroxylation is 1. The number of hydrazone groups is 1. The first-order valence-electron chi connectivity index (χ1n) is 9.40. The van der Waals surface area contributed by atoms with E-state index < -0.39 is 29.7 Å². The number of nitrogens with zero attached hydrogens (tertiary/aromatic N) is 3. The number of barbiturate groups is 1. The molecular formula is C22H18Cl2N4O4. The van der Waals surface area contributed by atoms with Crippen molar-refractivity contribution in [3.8, 4) is 0 Å². The summed E-state index contributed by atoms with van der Waals surface area (Å²) in [5.74, 6) is -3.03. The van der Waals surface area contributed by atoms with E-state index in [2.05, 4.69) is 10.4 Å². The number of urea groups is 1. The molecular weight excluding hydrogens is 455 g/mol. The lowest BCUT2D eigenvalue weighted by Gasteiger charge is -2.27. The maximum Gasteiger partial charge on any atom is 0.335 e. The molecule has 164 valence electrons. The van der Waals surface area contributed by atoms with Gasteiger partial charge in [-0.15, -0.1) is 12.4 Å². The Hall–Kier alpha value is -3.49. The molecule has 32 heavy (non-hydrogen) atoms. The Morgan fingerprint density at radius 1 is 1.00 bits per heavy atom. The minimum absolute atomic E-state index is 0. The summed E-state index contributed by atoms with van der Waals surface area (Å²) in [4.78, 5) is 51.6. The van der Waals surface area contributed by atoms with Crippen molar-refractivity contribution < 1.29 is 19.2 Å². The fraction of sp³-hybridized carbons (Fsp3) is 0.136. The van der Waals surface area contributed by atoms with Crippen LogP contribution in [0.4, 0.5) is 16.2 Å². The second-order valence-corrected chi connectivity index (χ2v) is 7.53. The highest BCUT2D eigenvalue weighted by Crippen LogP contribution is 2.29. The number of para-hydroxylation sites is 1. The van der Waals surface area contributed by atoms with Gasteiger partial charge in [0, 0.05) is 5.02 Å². The molecule has 1 N–H and O–H groups in total. The summed E-state index contributed by atoms with van der Waals surface area (Å²) < 4.78 is 0. The van der Waals surface area contributed by atoms with Gasteiger partial charge in [-0.1, -0.05) is 35.9 Å². The van der Waals surface area contributed by atoms with E-state index in [1.54, 1.807) is 50.2 Å². The van der Waals surface area contributed by atoms with Crippen molar-refractivity contribution in [1.29, 1.82) is 0 Å². The van der Waals surface area contributed by atoms with Gasteiger partial charge in [0.1, 0.15) is 5.57 Å².